The number of carboxylic acids is 1. The smallest absolute Gasteiger partial charge is 0.337 e. The lowest BCUT2D eigenvalue weighted by Gasteiger charge is -2.42. The Bertz CT molecular complexity index is 487. The first-order valence-corrected chi connectivity index (χ1v) is 6.60. The van der Waals surface area contributed by atoms with Gasteiger partial charge in [-0.1, -0.05) is 0 Å². The van der Waals surface area contributed by atoms with Crippen LogP contribution >= 0.6 is 0 Å². The van der Waals surface area contributed by atoms with Crippen molar-refractivity contribution in [1.82, 2.24) is 0 Å². The summed E-state index contributed by atoms with van der Waals surface area (Å²) in [4.78, 5) is 45.2. The largest absolute Gasteiger partial charge is 0.479 e. The minimum absolute atomic E-state index is 0.742. The Kier molecular flexibility index (Phi) is 6.46. The molecule has 5 atom stereocenters. The quantitative estimate of drug-likeness (QED) is 0.504. The highest BCUT2D eigenvalue weighted by molar-refractivity contribution is 5.75. The van der Waals surface area contributed by atoms with Crippen molar-refractivity contribution in [2.75, 3.05) is 7.11 Å². The monoisotopic (exact) mass is 334 g/mol. The van der Waals surface area contributed by atoms with E-state index in [0.29, 0.717) is 0 Å². The summed E-state index contributed by atoms with van der Waals surface area (Å²) in [5.41, 5.74) is 0. The van der Waals surface area contributed by atoms with Crippen LogP contribution in [0.15, 0.2) is 0 Å². The summed E-state index contributed by atoms with van der Waals surface area (Å²) in [6.45, 7) is 3.22. The van der Waals surface area contributed by atoms with E-state index < -0.39 is 54.6 Å². The predicted molar refractivity (Wildman–Crippen MR) is 70.0 cm³/mol. The van der Waals surface area contributed by atoms with E-state index in [2.05, 4.69) is 0 Å². The second kappa shape index (κ2) is 7.88. The molecule has 1 rings (SSSR count). The van der Waals surface area contributed by atoms with E-state index in [1.54, 1.807) is 0 Å². The number of carbonyl (C=O) groups is 4. The Morgan fingerprint density at radius 3 is 1.65 bits per heavy atom. The van der Waals surface area contributed by atoms with Crippen LogP contribution in [0.3, 0.4) is 0 Å². The molecule has 0 unspecified atom stereocenters. The van der Waals surface area contributed by atoms with Crippen molar-refractivity contribution < 1.29 is 48.0 Å². The zero-order valence-electron chi connectivity index (χ0n) is 13.0. The van der Waals surface area contributed by atoms with Gasteiger partial charge in [-0.3, -0.25) is 14.4 Å². The summed E-state index contributed by atoms with van der Waals surface area (Å²) in [7, 11) is 1.19. The number of methoxy groups -OCH3 is 1. The normalized spacial score (nSPS) is 30.2. The Morgan fingerprint density at radius 2 is 1.26 bits per heavy atom. The number of hydrogen-bond donors (Lipinski definition) is 1. The third-order valence-corrected chi connectivity index (χ3v) is 2.88. The molecular weight excluding hydrogens is 316 g/mol. The standard InChI is InChI=1S/C13H18O10/c1-5(14)20-8-9(21-6(2)15)11(22-7(3)16)13(19-4)23-10(8)12(17)18/h8-11,13H,1-4H3,(H,17,18)/t8-,9+,10+,11-,13-/m1/s1. The third-order valence-electron chi connectivity index (χ3n) is 2.88. The average Bonchev–Trinajstić information content (AvgIpc) is 2.40. The lowest BCUT2D eigenvalue weighted by atomic mass is 9.98. The van der Waals surface area contributed by atoms with Crippen molar-refractivity contribution in [3.05, 3.63) is 0 Å². The molecule has 0 aromatic heterocycles. The van der Waals surface area contributed by atoms with Gasteiger partial charge in [-0.25, -0.2) is 4.79 Å². The molecule has 130 valence electrons. The van der Waals surface area contributed by atoms with Gasteiger partial charge in [-0.2, -0.15) is 0 Å². The van der Waals surface area contributed by atoms with Crippen molar-refractivity contribution >= 4 is 23.9 Å². The number of esters is 3. The van der Waals surface area contributed by atoms with Gasteiger partial charge >= 0.3 is 23.9 Å². The molecular formula is C13H18O10. The molecule has 1 aliphatic heterocycles. The molecule has 1 fully saturated rings. The SMILES string of the molecule is CO[C@@H]1O[C@H](C(=O)O)[C@H](OC(C)=O)[C@H](OC(C)=O)[C@H]1OC(C)=O. The van der Waals surface area contributed by atoms with Crippen LogP contribution in [0.25, 0.3) is 0 Å². The highest BCUT2D eigenvalue weighted by Gasteiger charge is 2.54. The maximum atomic E-state index is 11.3. The molecule has 10 heteroatoms. The van der Waals surface area contributed by atoms with Crippen molar-refractivity contribution in [2.45, 2.75) is 51.5 Å². The third kappa shape index (κ3) is 4.89. The van der Waals surface area contributed by atoms with E-state index in [9.17, 15) is 24.3 Å². The molecule has 1 saturated heterocycles. The van der Waals surface area contributed by atoms with Gasteiger partial charge in [-0.15, -0.1) is 0 Å². The molecule has 0 aromatic rings. The summed E-state index contributed by atoms with van der Waals surface area (Å²) >= 11 is 0. The van der Waals surface area contributed by atoms with Gasteiger partial charge < -0.3 is 28.8 Å². The number of aliphatic carboxylic acids is 1. The fraction of sp³-hybridized carbons (Fsp3) is 0.692. The first-order valence-electron chi connectivity index (χ1n) is 6.60. The molecule has 0 saturated carbocycles. The van der Waals surface area contributed by atoms with Crippen molar-refractivity contribution in [3.8, 4) is 0 Å². The molecule has 1 N–H and O–H groups in total. The molecule has 1 aliphatic rings. The minimum atomic E-state index is -1.67. The van der Waals surface area contributed by atoms with Crippen molar-refractivity contribution in [2.24, 2.45) is 0 Å². The Morgan fingerprint density at radius 1 is 0.826 bits per heavy atom. The van der Waals surface area contributed by atoms with Crippen LogP contribution in [0.2, 0.25) is 0 Å². The lowest BCUT2D eigenvalue weighted by Crippen LogP contribution is -2.63. The fourth-order valence-electron chi connectivity index (χ4n) is 2.16. The van der Waals surface area contributed by atoms with Crippen LogP contribution in [0, 0.1) is 0 Å². The maximum Gasteiger partial charge on any atom is 0.337 e. The van der Waals surface area contributed by atoms with Crippen LogP contribution in [0.5, 0.6) is 0 Å². The molecule has 0 bridgehead atoms. The fourth-order valence-corrected chi connectivity index (χ4v) is 2.16. The van der Waals surface area contributed by atoms with Crippen LogP contribution in [0.4, 0.5) is 0 Å². The van der Waals surface area contributed by atoms with Crippen LogP contribution in [0.1, 0.15) is 20.8 Å². The van der Waals surface area contributed by atoms with E-state index >= 15 is 0 Å². The first kappa shape index (κ1) is 18.8. The Hall–Kier alpha value is -2.20. The summed E-state index contributed by atoms with van der Waals surface area (Å²) < 4.78 is 25.1. The van der Waals surface area contributed by atoms with E-state index in [1.807, 2.05) is 0 Å². The van der Waals surface area contributed by atoms with E-state index in [4.69, 9.17) is 23.7 Å². The van der Waals surface area contributed by atoms with Crippen LogP contribution < -0.4 is 0 Å². The average molecular weight is 334 g/mol. The van der Waals surface area contributed by atoms with Gasteiger partial charge in [0, 0.05) is 27.9 Å². The first-order chi connectivity index (χ1) is 10.7. The summed E-state index contributed by atoms with van der Waals surface area (Å²) in [5, 5.41) is 9.23. The molecule has 10 nitrogen and oxygen atoms in total. The molecule has 0 aromatic carbocycles. The predicted octanol–water partition coefficient (Wildman–Crippen LogP) is -0.763. The minimum Gasteiger partial charge on any atom is -0.479 e. The second-order valence-corrected chi connectivity index (χ2v) is 4.72. The maximum absolute atomic E-state index is 11.3. The number of carbonyl (C=O) groups excluding carboxylic acids is 3. The number of hydrogen-bond acceptors (Lipinski definition) is 9. The molecule has 0 aliphatic carbocycles. The molecule has 0 spiro atoms. The van der Waals surface area contributed by atoms with E-state index in [-0.39, 0.29) is 0 Å². The van der Waals surface area contributed by atoms with Crippen LogP contribution in [-0.4, -0.2) is 66.8 Å². The lowest BCUT2D eigenvalue weighted by molar-refractivity contribution is -0.295. The Balaban J connectivity index is 3.25. The zero-order chi connectivity index (χ0) is 17.7. The topological polar surface area (TPSA) is 135 Å². The number of rotatable bonds is 5. The van der Waals surface area contributed by atoms with Gasteiger partial charge in [0.15, 0.2) is 30.7 Å². The van der Waals surface area contributed by atoms with Gasteiger partial charge in [0.2, 0.25) is 0 Å². The highest BCUT2D eigenvalue weighted by atomic mass is 16.7. The Labute approximate surface area is 131 Å². The van der Waals surface area contributed by atoms with Gasteiger partial charge in [0.1, 0.15) is 0 Å². The summed E-state index contributed by atoms with van der Waals surface area (Å²) in [6.07, 6.45) is -7.21. The summed E-state index contributed by atoms with van der Waals surface area (Å²) in [6, 6.07) is 0. The zero-order valence-corrected chi connectivity index (χ0v) is 13.0. The van der Waals surface area contributed by atoms with Gasteiger partial charge in [0.05, 0.1) is 0 Å². The van der Waals surface area contributed by atoms with E-state index in [1.165, 1.54) is 7.11 Å². The van der Waals surface area contributed by atoms with Gasteiger partial charge in [0.25, 0.3) is 0 Å². The van der Waals surface area contributed by atoms with Crippen LogP contribution in [-0.2, 0) is 42.9 Å². The van der Waals surface area contributed by atoms with Crippen molar-refractivity contribution in [1.29, 1.82) is 0 Å². The molecule has 0 amide bonds. The van der Waals surface area contributed by atoms with E-state index in [0.717, 1.165) is 20.8 Å². The molecule has 0 radical (unpaired) electrons. The summed E-state index contributed by atoms with van der Waals surface area (Å²) in [5.74, 6) is -3.81. The molecule has 1 heterocycles. The second-order valence-electron chi connectivity index (χ2n) is 4.72. The van der Waals surface area contributed by atoms with Crippen molar-refractivity contribution in [3.63, 3.8) is 0 Å². The highest BCUT2D eigenvalue weighted by Crippen LogP contribution is 2.29. The number of ether oxygens (including phenoxy) is 5. The van der Waals surface area contributed by atoms with Gasteiger partial charge in [-0.05, 0) is 0 Å². The number of carboxylic acid groups (broad SMARTS) is 1. The molecule has 23 heavy (non-hydrogen) atoms.